The summed E-state index contributed by atoms with van der Waals surface area (Å²) in [5.74, 6) is 0.507. The molecule has 0 saturated carbocycles. The number of piperidine rings is 1. The largest absolute Gasteiger partial charge is 0.495 e. The van der Waals surface area contributed by atoms with Crippen molar-refractivity contribution in [2.45, 2.75) is 19.4 Å². The van der Waals surface area contributed by atoms with Gasteiger partial charge in [0.1, 0.15) is 5.75 Å². The predicted molar refractivity (Wildman–Crippen MR) is 111 cm³/mol. The van der Waals surface area contributed by atoms with E-state index in [2.05, 4.69) is 10.2 Å². The summed E-state index contributed by atoms with van der Waals surface area (Å²) in [6.45, 7) is 2.33. The molecule has 1 fully saturated rings. The van der Waals surface area contributed by atoms with Gasteiger partial charge in [-0.1, -0.05) is 40.9 Å². The molecule has 27 heavy (non-hydrogen) atoms. The summed E-state index contributed by atoms with van der Waals surface area (Å²) in [6, 6.07) is 10.8. The molecule has 144 valence electrons. The molecule has 3 rings (SSSR count). The molecule has 0 aliphatic carbocycles. The second-order valence-electron chi connectivity index (χ2n) is 6.65. The van der Waals surface area contributed by atoms with E-state index >= 15 is 0 Å². The lowest BCUT2D eigenvalue weighted by Gasteiger charge is -2.32. The fourth-order valence-corrected chi connectivity index (χ4v) is 4.02. The predicted octanol–water partition coefficient (Wildman–Crippen LogP) is 5.51. The summed E-state index contributed by atoms with van der Waals surface area (Å²) in [6.07, 6.45) is 1.83. The number of methoxy groups -OCH3 is 1. The zero-order chi connectivity index (χ0) is 19.4. The van der Waals surface area contributed by atoms with E-state index in [1.54, 1.807) is 31.4 Å². The lowest BCUT2D eigenvalue weighted by atomic mass is 9.96. The van der Waals surface area contributed by atoms with Gasteiger partial charge in [-0.15, -0.1) is 0 Å². The molecular weight excluding hydrogens is 407 g/mol. The van der Waals surface area contributed by atoms with E-state index < -0.39 is 0 Å². The van der Waals surface area contributed by atoms with Gasteiger partial charge in [0.2, 0.25) is 5.91 Å². The Hall–Kier alpha value is -1.46. The molecule has 4 nitrogen and oxygen atoms in total. The van der Waals surface area contributed by atoms with Gasteiger partial charge >= 0.3 is 0 Å². The minimum Gasteiger partial charge on any atom is -0.495 e. The molecule has 0 radical (unpaired) electrons. The molecule has 0 unspecified atom stereocenters. The first-order valence-corrected chi connectivity index (χ1v) is 9.90. The van der Waals surface area contributed by atoms with E-state index in [-0.39, 0.29) is 11.8 Å². The number of rotatable bonds is 5. The number of anilines is 1. The third-order valence-electron chi connectivity index (χ3n) is 4.70. The fraction of sp³-hybridized carbons (Fsp3) is 0.350. The summed E-state index contributed by atoms with van der Waals surface area (Å²) < 4.78 is 5.14. The van der Waals surface area contributed by atoms with Crippen molar-refractivity contribution in [2.75, 3.05) is 25.5 Å². The fourth-order valence-electron chi connectivity index (χ4n) is 3.29. The van der Waals surface area contributed by atoms with E-state index in [0.717, 1.165) is 24.9 Å². The number of nitrogens with one attached hydrogen (secondary N) is 1. The number of carbonyl (C=O) groups is 1. The molecule has 1 heterocycles. The Morgan fingerprint density at radius 3 is 2.70 bits per heavy atom. The highest BCUT2D eigenvalue weighted by Gasteiger charge is 2.26. The van der Waals surface area contributed by atoms with Crippen LogP contribution < -0.4 is 10.1 Å². The van der Waals surface area contributed by atoms with Crippen molar-refractivity contribution < 1.29 is 9.53 Å². The quantitative estimate of drug-likeness (QED) is 0.684. The maximum absolute atomic E-state index is 12.7. The third-order valence-corrected chi connectivity index (χ3v) is 5.59. The summed E-state index contributed by atoms with van der Waals surface area (Å²) in [7, 11) is 1.56. The minimum absolute atomic E-state index is 0.00290. The van der Waals surface area contributed by atoms with Gasteiger partial charge in [0.25, 0.3) is 0 Å². The first-order valence-electron chi connectivity index (χ1n) is 8.77. The van der Waals surface area contributed by atoms with Gasteiger partial charge in [-0.2, -0.15) is 0 Å². The van der Waals surface area contributed by atoms with Crippen LogP contribution in [0, 0.1) is 5.92 Å². The number of ether oxygens (including phenoxy) is 1. The van der Waals surface area contributed by atoms with Crippen molar-refractivity contribution >= 4 is 46.4 Å². The average Bonchev–Trinajstić information content (AvgIpc) is 2.64. The van der Waals surface area contributed by atoms with Crippen molar-refractivity contribution in [1.82, 2.24) is 4.90 Å². The van der Waals surface area contributed by atoms with Crippen LogP contribution in [0.25, 0.3) is 0 Å². The summed E-state index contributed by atoms with van der Waals surface area (Å²) in [5.41, 5.74) is 1.69. The van der Waals surface area contributed by atoms with Crippen molar-refractivity contribution in [1.29, 1.82) is 0 Å². The molecule has 0 aromatic heterocycles. The standard InChI is InChI=1S/C20H21Cl3N2O2/c1-27-19-7-6-16(10-18(19)23)24-20(26)14-3-2-8-25(12-14)11-13-4-5-15(21)9-17(13)22/h4-7,9-10,14H,2-3,8,11-12H2,1H3,(H,24,26)/t14-/m0/s1. The second kappa shape index (κ2) is 9.16. The Kier molecular flexibility index (Phi) is 6.88. The molecule has 0 spiro atoms. The topological polar surface area (TPSA) is 41.6 Å². The number of amides is 1. The third kappa shape index (κ3) is 5.29. The summed E-state index contributed by atoms with van der Waals surface area (Å²) in [4.78, 5) is 14.9. The molecule has 1 saturated heterocycles. The highest BCUT2D eigenvalue weighted by Crippen LogP contribution is 2.29. The Bertz CT molecular complexity index is 829. The molecule has 1 aliphatic rings. The van der Waals surface area contributed by atoms with Crippen LogP contribution in [-0.2, 0) is 11.3 Å². The van der Waals surface area contributed by atoms with Gasteiger partial charge < -0.3 is 10.1 Å². The van der Waals surface area contributed by atoms with Crippen molar-refractivity contribution in [3.05, 3.63) is 57.0 Å². The van der Waals surface area contributed by atoms with Crippen molar-refractivity contribution in [3.8, 4) is 5.75 Å². The van der Waals surface area contributed by atoms with E-state index in [4.69, 9.17) is 39.5 Å². The number of hydrogen-bond donors (Lipinski definition) is 1. The normalized spacial score (nSPS) is 17.6. The maximum atomic E-state index is 12.7. The molecule has 1 atom stereocenters. The first-order chi connectivity index (χ1) is 13.0. The zero-order valence-electron chi connectivity index (χ0n) is 15.0. The molecule has 7 heteroatoms. The molecule has 1 N–H and O–H groups in total. The van der Waals surface area contributed by atoms with E-state index in [9.17, 15) is 4.79 Å². The van der Waals surface area contributed by atoms with Crippen LogP contribution in [0.4, 0.5) is 5.69 Å². The van der Waals surface area contributed by atoms with Crippen LogP contribution in [0.3, 0.4) is 0 Å². The molecule has 2 aromatic carbocycles. The van der Waals surface area contributed by atoms with Crippen LogP contribution >= 0.6 is 34.8 Å². The molecule has 2 aromatic rings. The lowest BCUT2D eigenvalue weighted by Crippen LogP contribution is -2.40. The van der Waals surface area contributed by atoms with Crippen LogP contribution in [0.15, 0.2) is 36.4 Å². The molecule has 0 bridgehead atoms. The van der Waals surface area contributed by atoms with Gasteiger partial charge in [-0.3, -0.25) is 9.69 Å². The number of nitrogens with zero attached hydrogens (tertiary/aromatic N) is 1. The molecule has 1 amide bonds. The number of benzene rings is 2. The highest BCUT2D eigenvalue weighted by atomic mass is 35.5. The van der Waals surface area contributed by atoms with E-state index in [1.807, 2.05) is 12.1 Å². The SMILES string of the molecule is COc1ccc(NC(=O)[C@H]2CCCN(Cc3ccc(Cl)cc3Cl)C2)cc1Cl. The van der Waals surface area contributed by atoms with Gasteiger partial charge in [0.05, 0.1) is 18.1 Å². The smallest absolute Gasteiger partial charge is 0.228 e. The number of hydrogen-bond acceptors (Lipinski definition) is 3. The summed E-state index contributed by atoms with van der Waals surface area (Å²) >= 11 is 18.4. The van der Waals surface area contributed by atoms with Crippen LogP contribution in [0.2, 0.25) is 15.1 Å². The Morgan fingerprint density at radius 1 is 1.19 bits per heavy atom. The van der Waals surface area contributed by atoms with Gasteiger partial charge in [-0.25, -0.2) is 0 Å². The summed E-state index contributed by atoms with van der Waals surface area (Å²) in [5, 5.41) is 4.71. The van der Waals surface area contributed by atoms with Gasteiger partial charge in [0.15, 0.2) is 0 Å². The molecular formula is C20H21Cl3N2O2. The van der Waals surface area contributed by atoms with Crippen LogP contribution in [0.5, 0.6) is 5.75 Å². The minimum atomic E-state index is -0.0781. The van der Waals surface area contributed by atoms with Crippen LogP contribution in [-0.4, -0.2) is 31.0 Å². The molecule has 1 aliphatic heterocycles. The Labute approximate surface area is 174 Å². The highest BCUT2D eigenvalue weighted by molar-refractivity contribution is 6.35. The second-order valence-corrected chi connectivity index (χ2v) is 7.90. The average molecular weight is 428 g/mol. The van der Waals surface area contributed by atoms with E-state index in [0.29, 0.717) is 39.6 Å². The van der Waals surface area contributed by atoms with E-state index in [1.165, 1.54) is 0 Å². The van der Waals surface area contributed by atoms with Crippen molar-refractivity contribution in [2.24, 2.45) is 5.92 Å². The van der Waals surface area contributed by atoms with Crippen molar-refractivity contribution in [3.63, 3.8) is 0 Å². The number of likely N-dealkylation sites (tertiary alicyclic amines) is 1. The Balaban J connectivity index is 1.61. The van der Waals surface area contributed by atoms with Gasteiger partial charge in [-0.05, 0) is 55.3 Å². The monoisotopic (exact) mass is 426 g/mol. The van der Waals surface area contributed by atoms with Gasteiger partial charge in [0, 0.05) is 28.8 Å². The number of halogens is 3. The lowest BCUT2D eigenvalue weighted by molar-refractivity contribution is -0.121. The first kappa shape index (κ1) is 20.3. The maximum Gasteiger partial charge on any atom is 0.228 e. The number of carbonyl (C=O) groups excluding carboxylic acids is 1. The van der Waals surface area contributed by atoms with Crippen LogP contribution in [0.1, 0.15) is 18.4 Å². The Morgan fingerprint density at radius 2 is 2.00 bits per heavy atom. The zero-order valence-corrected chi connectivity index (χ0v) is 17.2.